The van der Waals surface area contributed by atoms with Crippen LogP contribution < -0.4 is 5.09 Å². The quantitative estimate of drug-likeness (QED) is 0.252. The third-order valence-corrected chi connectivity index (χ3v) is 9.32. The van der Waals surface area contributed by atoms with Crippen molar-refractivity contribution in [3.05, 3.63) is 102 Å². The molecular formula is C24H23N2O3PS2. The van der Waals surface area contributed by atoms with E-state index in [1.807, 2.05) is 78.9 Å². The van der Waals surface area contributed by atoms with E-state index in [9.17, 15) is 14.6 Å². The molecule has 3 aromatic carbocycles. The molecule has 0 aliphatic carbocycles. The van der Waals surface area contributed by atoms with Crippen LogP contribution in [-0.4, -0.2) is 15.0 Å². The number of aliphatic hydroxyl groups excluding tert-OH is 1. The average Bonchev–Trinajstić information content (AvgIpc) is 2.82. The fourth-order valence-corrected chi connectivity index (χ4v) is 6.76. The van der Waals surface area contributed by atoms with Crippen LogP contribution in [-0.2, 0) is 23.5 Å². The van der Waals surface area contributed by atoms with Crippen LogP contribution in [0.2, 0.25) is 0 Å². The molecule has 0 spiro atoms. The van der Waals surface area contributed by atoms with Crippen LogP contribution in [0.4, 0.5) is 0 Å². The van der Waals surface area contributed by atoms with Crippen molar-refractivity contribution >= 4 is 40.8 Å². The van der Waals surface area contributed by atoms with Gasteiger partial charge in [0.25, 0.3) is 0 Å². The van der Waals surface area contributed by atoms with Gasteiger partial charge in [-0.1, -0.05) is 72.4 Å². The zero-order chi connectivity index (χ0) is 22.4. The van der Waals surface area contributed by atoms with Crippen molar-refractivity contribution in [1.29, 1.82) is 0 Å². The second-order valence-corrected chi connectivity index (χ2v) is 12.3. The van der Waals surface area contributed by atoms with Gasteiger partial charge in [0.15, 0.2) is 0 Å². The number of rotatable bonds is 9. The molecule has 5 nitrogen and oxygen atoms in total. The minimum absolute atomic E-state index is 0.0326. The van der Waals surface area contributed by atoms with Crippen molar-refractivity contribution in [3.63, 3.8) is 0 Å². The van der Waals surface area contributed by atoms with Crippen LogP contribution >= 0.6 is 29.9 Å². The van der Waals surface area contributed by atoms with Crippen LogP contribution in [0.15, 0.2) is 94.9 Å². The van der Waals surface area contributed by atoms with Gasteiger partial charge in [-0.15, -0.1) is 0 Å². The summed E-state index contributed by atoms with van der Waals surface area (Å²) < 4.78 is 12.8. The lowest BCUT2D eigenvalue weighted by Crippen LogP contribution is -2.09. The summed E-state index contributed by atoms with van der Waals surface area (Å²) in [6, 6.07) is 25.2. The van der Waals surface area contributed by atoms with Gasteiger partial charge < -0.3 is 10.00 Å². The fraction of sp³-hybridized carbons (Fsp3) is 0.125. The largest absolute Gasteiger partial charge is 0.392 e. The number of aromatic nitrogens is 1. The van der Waals surface area contributed by atoms with Gasteiger partial charge in [-0.05, 0) is 46.3 Å². The third-order valence-electron chi connectivity index (χ3n) is 4.92. The Morgan fingerprint density at radius 1 is 0.844 bits per heavy atom. The molecule has 0 fully saturated rings. The molecule has 4 rings (SSSR count). The first-order chi connectivity index (χ1) is 15.6. The van der Waals surface area contributed by atoms with Crippen LogP contribution in [0.3, 0.4) is 0 Å². The Labute approximate surface area is 195 Å². The maximum absolute atomic E-state index is 12.8. The number of hydrogen-bond donors (Lipinski definition) is 3. The van der Waals surface area contributed by atoms with Crippen molar-refractivity contribution in [2.24, 2.45) is 0 Å². The first-order valence-electron chi connectivity index (χ1n) is 10.1. The first-order valence-corrected chi connectivity index (χ1v) is 14.1. The Morgan fingerprint density at radius 3 is 2.28 bits per heavy atom. The molecule has 3 N–H and O–H groups in total. The van der Waals surface area contributed by atoms with Crippen molar-refractivity contribution in [2.45, 2.75) is 28.7 Å². The highest BCUT2D eigenvalue weighted by atomic mass is 32.7. The monoisotopic (exact) mass is 482 g/mol. The van der Waals surface area contributed by atoms with Crippen molar-refractivity contribution in [3.8, 4) is 0 Å². The minimum atomic E-state index is -3.63. The second kappa shape index (κ2) is 10.7. The highest BCUT2D eigenvalue weighted by molar-refractivity contribution is 8.55. The summed E-state index contributed by atoms with van der Waals surface area (Å²) in [6.45, 7) is -3.40. The van der Waals surface area contributed by atoms with Gasteiger partial charge in [0.05, 0.1) is 12.1 Å². The van der Waals surface area contributed by atoms with E-state index in [0.29, 0.717) is 5.75 Å². The Balaban J connectivity index is 1.43. The fourth-order valence-electron chi connectivity index (χ4n) is 3.27. The van der Waals surface area contributed by atoms with Gasteiger partial charge >= 0.3 is 6.72 Å². The number of para-hydroxylation sites is 1. The van der Waals surface area contributed by atoms with E-state index in [4.69, 9.17) is 0 Å². The molecule has 1 atom stereocenters. The summed E-state index contributed by atoms with van der Waals surface area (Å²) in [7, 11) is 0. The molecule has 0 aliphatic rings. The molecule has 0 bridgehead atoms. The standard InChI is InChI=1S/C24H23N2O3PS2/c27-16-20-8-2-4-13-23(20)32-22-12-3-1-7-19(22)15-26-30(28,29)31-17-21-10-5-9-18-11-6-14-25-24(18)21/h1-14,27H,15-17H2,(H2,26,28,29). The van der Waals surface area contributed by atoms with Gasteiger partial charge in [0.2, 0.25) is 0 Å². The SMILES string of the molecule is O=P(O)(NCc1ccccc1Sc1ccccc1CO)SCc1cccc2cccnc12. The molecule has 32 heavy (non-hydrogen) atoms. The van der Waals surface area contributed by atoms with E-state index in [1.165, 1.54) is 0 Å². The molecule has 0 saturated carbocycles. The van der Waals surface area contributed by atoms with Crippen molar-refractivity contribution in [1.82, 2.24) is 10.1 Å². The lowest BCUT2D eigenvalue weighted by molar-refractivity contribution is 0.279. The van der Waals surface area contributed by atoms with Crippen molar-refractivity contribution in [2.75, 3.05) is 0 Å². The van der Waals surface area contributed by atoms with Crippen LogP contribution in [0.5, 0.6) is 0 Å². The smallest absolute Gasteiger partial charge is 0.324 e. The predicted octanol–water partition coefficient (Wildman–Crippen LogP) is 6.00. The average molecular weight is 483 g/mol. The lowest BCUT2D eigenvalue weighted by Gasteiger charge is -2.15. The molecule has 0 amide bonds. The van der Waals surface area contributed by atoms with E-state index in [2.05, 4.69) is 10.1 Å². The Morgan fingerprint density at radius 2 is 1.50 bits per heavy atom. The molecular weight excluding hydrogens is 459 g/mol. The van der Waals surface area contributed by atoms with Gasteiger partial charge in [-0.3, -0.25) is 9.55 Å². The summed E-state index contributed by atoms with van der Waals surface area (Å²) in [6.07, 6.45) is 1.73. The molecule has 1 unspecified atom stereocenters. The lowest BCUT2D eigenvalue weighted by atomic mass is 10.1. The number of nitrogens with one attached hydrogen (secondary N) is 1. The number of benzene rings is 3. The third kappa shape index (κ3) is 5.81. The summed E-state index contributed by atoms with van der Waals surface area (Å²) in [5.74, 6) is 0.384. The Hall–Kier alpha value is -2.12. The summed E-state index contributed by atoms with van der Waals surface area (Å²) in [5.41, 5.74) is 3.56. The topological polar surface area (TPSA) is 82.5 Å². The summed E-state index contributed by atoms with van der Waals surface area (Å²) >= 11 is 2.54. The molecule has 0 aliphatic heterocycles. The second-order valence-electron chi connectivity index (χ2n) is 7.10. The number of hydrogen-bond acceptors (Lipinski definition) is 5. The molecule has 0 radical (unpaired) electrons. The van der Waals surface area contributed by atoms with Crippen LogP contribution in [0, 0.1) is 0 Å². The Kier molecular flexibility index (Phi) is 7.68. The number of fused-ring (bicyclic) bond motifs is 1. The van der Waals surface area contributed by atoms with Gasteiger partial charge in [-0.2, -0.15) is 0 Å². The van der Waals surface area contributed by atoms with Crippen molar-refractivity contribution < 1.29 is 14.6 Å². The zero-order valence-electron chi connectivity index (χ0n) is 17.2. The maximum Gasteiger partial charge on any atom is 0.324 e. The highest BCUT2D eigenvalue weighted by Gasteiger charge is 2.20. The predicted molar refractivity (Wildman–Crippen MR) is 133 cm³/mol. The summed E-state index contributed by atoms with van der Waals surface area (Å²) in [4.78, 5) is 16.9. The van der Waals surface area contributed by atoms with Gasteiger partial charge in [0, 0.05) is 33.7 Å². The highest BCUT2D eigenvalue weighted by Crippen LogP contribution is 2.52. The van der Waals surface area contributed by atoms with Crippen LogP contribution in [0.1, 0.15) is 16.7 Å². The molecule has 1 aromatic heterocycles. The maximum atomic E-state index is 12.8. The minimum Gasteiger partial charge on any atom is -0.392 e. The molecule has 164 valence electrons. The molecule has 4 aromatic rings. The molecule has 1 heterocycles. The van der Waals surface area contributed by atoms with Gasteiger partial charge in [0.1, 0.15) is 0 Å². The molecule has 0 saturated heterocycles. The summed E-state index contributed by atoms with van der Waals surface area (Å²) in [5, 5.41) is 13.4. The van der Waals surface area contributed by atoms with E-state index in [1.54, 1.807) is 18.0 Å². The van der Waals surface area contributed by atoms with E-state index in [-0.39, 0.29) is 13.2 Å². The molecule has 8 heteroatoms. The first kappa shape index (κ1) is 23.1. The van der Waals surface area contributed by atoms with E-state index in [0.717, 1.165) is 48.8 Å². The number of aliphatic hydroxyl groups is 1. The number of nitrogens with zero attached hydrogens (tertiary/aromatic N) is 1. The van der Waals surface area contributed by atoms with Gasteiger partial charge in [-0.25, -0.2) is 5.09 Å². The normalized spacial score (nSPS) is 13.2. The Bertz CT molecular complexity index is 1260. The van der Waals surface area contributed by atoms with E-state index >= 15 is 0 Å². The number of pyridine rings is 1. The van der Waals surface area contributed by atoms with Crippen LogP contribution in [0.25, 0.3) is 10.9 Å². The zero-order valence-corrected chi connectivity index (χ0v) is 19.7. The van der Waals surface area contributed by atoms with E-state index < -0.39 is 6.72 Å².